The summed E-state index contributed by atoms with van der Waals surface area (Å²) in [5, 5.41) is 2.63. The molecule has 0 fully saturated rings. The Morgan fingerprint density at radius 2 is 1.68 bits per heavy atom. The molecule has 0 aromatic heterocycles. The normalized spacial score (nSPS) is 11.7. The molecular formula is C18H18FNO2. The van der Waals surface area contributed by atoms with Gasteiger partial charge in [0.15, 0.2) is 5.78 Å². The summed E-state index contributed by atoms with van der Waals surface area (Å²) in [5.74, 6) is -1.01. The van der Waals surface area contributed by atoms with Crippen LogP contribution in [0.5, 0.6) is 0 Å². The topological polar surface area (TPSA) is 46.2 Å². The smallest absolute Gasteiger partial charge is 0.223 e. The molecule has 0 spiro atoms. The molecule has 2 aromatic carbocycles. The number of carbonyl (C=O) groups is 2. The Kier molecular flexibility index (Phi) is 5.42. The Hall–Kier alpha value is -2.49. The van der Waals surface area contributed by atoms with E-state index in [4.69, 9.17) is 0 Å². The number of carbonyl (C=O) groups excluding carboxylic acids is 2. The van der Waals surface area contributed by atoms with Crippen molar-refractivity contribution < 1.29 is 14.0 Å². The second kappa shape index (κ2) is 7.50. The quantitative estimate of drug-likeness (QED) is 0.833. The number of nitrogens with one attached hydrogen (secondary N) is 1. The maximum atomic E-state index is 12.8. The highest BCUT2D eigenvalue weighted by Crippen LogP contribution is 2.08. The van der Waals surface area contributed by atoms with Gasteiger partial charge in [0.2, 0.25) is 5.91 Å². The summed E-state index contributed by atoms with van der Waals surface area (Å²) in [6, 6.07) is 15.0. The lowest BCUT2D eigenvalue weighted by molar-refractivity contribution is -0.124. The Morgan fingerprint density at radius 1 is 1.05 bits per heavy atom. The fraction of sp³-hybridized carbons (Fsp3) is 0.222. The number of benzene rings is 2. The Morgan fingerprint density at radius 3 is 2.32 bits per heavy atom. The van der Waals surface area contributed by atoms with Crippen LogP contribution in [0.3, 0.4) is 0 Å². The van der Waals surface area contributed by atoms with Gasteiger partial charge in [-0.25, -0.2) is 4.39 Å². The van der Waals surface area contributed by atoms with Gasteiger partial charge in [-0.2, -0.15) is 0 Å². The van der Waals surface area contributed by atoms with Crippen molar-refractivity contribution in [1.29, 1.82) is 0 Å². The van der Waals surface area contributed by atoms with Gasteiger partial charge in [-0.3, -0.25) is 9.59 Å². The first-order valence-corrected chi connectivity index (χ1v) is 7.16. The molecule has 0 bridgehead atoms. The molecule has 0 heterocycles. The van der Waals surface area contributed by atoms with Crippen molar-refractivity contribution in [2.45, 2.75) is 13.3 Å². The van der Waals surface area contributed by atoms with Crippen LogP contribution in [0.15, 0.2) is 54.6 Å². The van der Waals surface area contributed by atoms with E-state index in [1.807, 2.05) is 37.3 Å². The third-order valence-electron chi connectivity index (χ3n) is 3.42. The van der Waals surface area contributed by atoms with E-state index in [1.165, 1.54) is 24.3 Å². The molecule has 1 atom stereocenters. The minimum Gasteiger partial charge on any atom is -0.348 e. The van der Waals surface area contributed by atoms with Gasteiger partial charge in [-0.15, -0.1) is 0 Å². The minimum absolute atomic E-state index is 0.0798. The fourth-order valence-electron chi connectivity index (χ4n) is 2.14. The summed E-state index contributed by atoms with van der Waals surface area (Å²) < 4.78 is 12.8. The molecule has 2 aromatic rings. The van der Waals surface area contributed by atoms with E-state index in [0.29, 0.717) is 12.0 Å². The largest absolute Gasteiger partial charge is 0.348 e. The van der Waals surface area contributed by atoms with Gasteiger partial charge in [-0.05, 0) is 36.2 Å². The zero-order valence-corrected chi connectivity index (χ0v) is 12.4. The highest BCUT2D eigenvalue weighted by molar-refractivity contribution is 5.99. The minimum atomic E-state index is -0.392. The fourth-order valence-corrected chi connectivity index (χ4v) is 2.14. The first-order chi connectivity index (χ1) is 10.6. The Bertz CT molecular complexity index is 638. The van der Waals surface area contributed by atoms with Gasteiger partial charge in [0.25, 0.3) is 0 Å². The molecule has 0 aliphatic rings. The average Bonchev–Trinajstić information content (AvgIpc) is 2.53. The molecular weight excluding hydrogens is 281 g/mol. The van der Waals surface area contributed by atoms with Crippen molar-refractivity contribution in [3.63, 3.8) is 0 Å². The number of halogens is 1. The SMILES string of the molecule is CC(Cc1ccccc1)C(=O)NCC(=O)c1ccc(F)cc1. The number of hydrogen-bond donors (Lipinski definition) is 1. The summed E-state index contributed by atoms with van der Waals surface area (Å²) in [5.41, 5.74) is 1.47. The van der Waals surface area contributed by atoms with E-state index in [-0.39, 0.29) is 24.2 Å². The summed E-state index contributed by atoms with van der Waals surface area (Å²) in [6.45, 7) is 1.74. The first-order valence-electron chi connectivity index (χ1n) is 7.16. The van der Waals surface area contributed by atoms with Crippen molar-refractivity contribution in [2.75, 3.05) is 6.54 Å². The van der Waals surface area contributed by atoms with E-state index in [9.17, 15) is 14.0 Å². The second-order valence-corrected chi connectivity index (χ2v) is 5.24. The van der Waals surface area contributed by atoms with Crippen molar-refractivity contribution in [3.8, 4) is 0 Å². The predicted octanol–water partition coefficient (Wildman–Crippen LogP) is 3.00. The van der Waals surface area contributed by atoms with Gasteiger partial charge >= 0.3 is 0 Å². The molecule has 4 heteroatoms. The van der Waals surface area contributed by atoms with Crippen molar-refractivity contribution >= 4 is 11.7 Å². The third kappa shape index (κ3) is 4.52. The molecule has 0 aliphatic heterocycles. The van der Waals surface area contributed by atoms with Crippen LogP contribution in [-0.4, -0.2) is 18.2 Å². The molecule has 0 saturated carbocycles. The average molecular weight is 299 g/mol. The van der Waals surface area contributed by atoms with Gasteiger partial charge in [0.1, 0.15) is 5.82 Å². The first kappa shape index (κ1) is 15.9. The lowest BCUT2D eigenvalue weighted by Crippen LogP contribution is -2.34. The number of amides is 1. The lowest BCUT2D eigenvalue weighted by atomic mass is 10.0. The van der Waals surface area contributed by atoms with Gasteiger partial charge < -0.3 is 5.32 Å². The number of ketones is 1. The molecule has 0 radical (unpaired) electrons. The zero-order valence-electron chi connectivity index (χ0n) is 12.4. The lowest BCUT2D eigenvalue weighted by Gasteiger charge is -2.12. The monoisotopic (exact) mass is 299 g/mol. The molecule has 3 nitrogen and oxygen atoms in total. The Balaban J connectivity index is 1.84. The maximum absolute atomic E-state index is 12.8. The highest BCUT2D eigenvalue weighted by atomic mass is 19.1. The van der Waals surface area contributed by atoms with E-state index in [1.54, 1.807) is 0 Å². The molecule has 0 aliphatic carbocycles. The molecule has 1 unspecified atom stereocenters. The number of Topliss-reactive ketones (excluding diaryl/α,β-unsaturated/α-hetero) is 1. The van der Waals surface area contributed by atoms with Crippen LogP contribution >= 0.6 is 0 Å². The maximum Gasteiger partial charge on any atom is 0.223 e. The molecule has 2 rings (SSSR count). The van der Waals surface area contributed by atoms with Crippen LogP contribution in [0.1, 0.15) is 22.8 Å². The van der Waals surface area contributed by atoms with Crippen LogP contribution in [0.4, 0.5) is 4.39 Å². The predicted molar refractivity (Wildman–Crippen MR) is 83.1 cm³/mol. The second-order valence-electron chi connectivity index (χ2n) is 5.24. The van der Waals surface area contributed by atoms with Crippen molar-refractivity contribution in [2.24, 2.45) is 5.92 Å². The summed E-state index contributed by atoms with van der Waals surface area (Å²) in [7, 11) is 0. The standard InChI is InChI=1S/C18H18FNO2/c1-13(11-14-5-3-2-4-6-14)18(22)20-12-17(21)15-7-9-16(19)10-8-15/h2-10,13H,11-12H2,1H3,(H,20,22). The molecule has 1 amide bonds. The van der Waals surface area contributed by atoms with Crippen LogP contribution < -0.4 is 5.32 Å². The van der Waals surface area contributed by atoms with Crippen molar-refractivity contribution in [1.82, 2.24) is 5.32 Å². The summed E-state index contributed by atoms with van der Waals surface area (Å²) in [4.78, 5) is 23.9. The van der Waals surface area contributed by atoms with Crippen LogP contribution in [0.2, 0.25) is 0 Å². The van der Waals surface area contributed by atoms with E-state index >= 15 is 0 Å². The summed E-state index contributed by atoms with van der Waals surface area (Å²) in [6.07, 6.45) is 0.622. The molecule has 114 valence electrons. The number of rotatable bonds is 6. The molecule has 1 N–H and O–H groups in total. The van der Waals surface area contributed by atoms with Gasteiger partial charge in [-0.1, -0.05) is 37.3 Å². The molecule has 22 heavy (non-hydrogen) atoms. The third-order valence-corrected chi connectivity index (χ3v) is 3.42. The Labute approximate surface area is 129 Å². The van der Waals surface area contributed by atoms with E-state index in [0.717, 1.165) is 5.56 Å². The highest BCUT2D eigenvalue weighted by Gasteiger charge is 2.15. The number of hydrogen-bond acceptors (Lipinski definition) is 2. The van der Waals surface area contributed by atoms with Gasteiger partial charge in [0.05, 0.1) is 6.54 Å². The summed E-state index contributed by atoms with van der Waals surface area (Å²) >= 11 is 0. The van der Waals surface area contributed by atoms with Crippen LogP contribution in [0, 0.1) is 11.7 Å². The van der Waals surface area contributed by atoms with Crippen LogP contribution in [0.25, 0.3) is 0 Å². The molecule has 0 saturated heterocycles. The van der Waals surface area contributed by atoms with Crippen molar-refractivity contribution in [3.05, 3.63) is 71.5 Å². The zero-order chi connectivity index (χ0) is 15.9. The van der Waals surface area contributed by atoms with Gasteiger partial charge in [0, 0.05) is 11.5 Å². The van der Waals surface area contributed by atoms with E-state index < -0.39 is 5.82 Å². The van der Waals surface area contributed by atoms with E-state index in [2.05, 4.69) is 5.32 Å². The van der Waals surface area contributed by atoms with Crippen LogP contribution in [-0.2, 0) is 11.2 Å².